The number of hydrogen-bond donors (Lipinski definition) is 2. The van der Waals surface area contributed by atoms with Crippen molar-refractivity contribution in [2.45, 2.75) is 69.2 Å². The van der Waals surface area contributed by atoms with Gasteiger partial charge in [0.1, 0.15) is 31.0 Å². The van der Waals surface area contributed by atoms with E-state index in [1.165, 1.54) is 14.0 Å². The van der Waals surface area contributed by atoms with Crippen LogP contribution in [0.2, 0.25) is 10.0 Å². The lowest BCUT2D eigenvalue weighted by atomic mass is 9.93. The molecule has 0 fully saturated rings. The third kappa shape index (κ3) is 10.6. The number of hydrogen-bond acceptors (Lipinski definition) is 12. The number of halogens is 2. The average molecular weight is 995 g/mol. The molecule has 14 nitrogen and oxygen atoms in total. The van der Waals surface area contributed by atoms with Gasteiger partial charge in [-0.25, -0.2) is 18.2 Å². The van der Waals surface area contributed by atoms with Gasteiger partial charge in [-0.1, -0.05) is 103 Å². The van der Waals surface area contributed by atoms with Gasteiger partial charge in [0.2, 0.25) is 11.8 Å². The quantitative estimate of drug-likeness (QED) is 0.0993. The first-order valence-electron chi connectivity index (χ1n) is 21.5. The molecule has 8 rings (SSSR count). The predicted octanol–water partition coefficient (Wildman–Crippen LogP) is 9.00. The molecule has 6 aromatic rings. The molecule has 0 bridgehead atoms. The number of rotatable bonds is 14. The van der Waals surface area contributed by atoms with Crippen LogP contribution in [0.15, 0.2) is 107 Å². The Morgan fingerprint density at radius 1 is 0.912 bits per heavy atom. The first kappa shape index (κ1) is 48.0. The number of sulfonamides is 1. The van der Waals surface area contributed by atoms with Crippen molar-refractivity contribution in [1.82, 2.24) is 14.6 Å². The normalized spacial score (nSPS) is 16.0. The monoisotopic (exact) mass is 993 g/mol. The first-order chi connectivity index (χ1) is 32.6. The highest BCUT2D eigenvalue weighted by Crippen LogP contribution is 2.43. The van der Waals surface area contributed by atoms with Gasteiger partial charge in [-0.3, -0.25) is 9.59 Å². The van der Waals surface area contributed by atoms with E-state index >= 15 is 0 Å². The van der Waals surface area contributed by atoms with Gasteiger partial charge in [-0.15, -0.1) is 0 Å². The van der Waals surface area contributed by atoms with E-state index in [0.29, 0.717) is 49.5 Å². The lowest BCUT2D eigenvalue weighted by Crippen LogP contribution is -2.56. The van der Waals surface area contributed by atoms with Crippen molar-refractivity contribution in [3.05, 3.63) is 152 Å². The number of amides is 2. The van der Waals surface area contributed by atoms with Crippen molar-refractivity contribution in [1.29, 1.82) is 5.26 Å². The summed E-state index contributed by atoms with van der Waals surface area (Å²) in [6.07, 6.45) is -0.538. The van der Waals surface area contributed by atoms with Crippen molar-refractivity contribution in [3.63, 3.8) is 0 Å². The molecule has 350 valence electrons. The fraction of sp³-hybridized carbons (Fsp3) is 0.260. The van der Waals surface area contributed by atoms with Crippen molar-refractivity contribution in [2.24, 2.45) is 5.92 Å². The zero-order chi connectivity index (χ0) is 48.3. The third-order valence-corrected chi connectivity index (χ3v) is 15.8. The number of thiazole rings is 1. The Kier molecular flexibility index (Phi) is 14.4. The summed E-state index contributed by atoms with van der Waals surface area (Å²) in [5.74, 6) is -0.711. The highest BCUT2D eigenvalue weighted by atomic mass is 35.5. The van der Waals surface area contributed by atoms with Gasteiger partial charge in [0.25, 0.3) is 10.0 Å². The lowest BCUT2D eigenvalue weighted by molar-refractivity contribution is -0.145. The second-order valence-electron chi connectivity index (χ2n) is 16.6. The fourth-order valence-corrected chi connectivity index (χ4v) is 11.2. The number of nitrogens with one attached hydrogen (secondary N) is 2. The lowest BCUT2D eigenvalue weighted by Gasteiger charge is -2.36. The molecule has 2 amide bonds. The van der Waals surface area contributed by atoms with Gasteiger partial charge in [-0.2, -0.15) is 9.57 Å². The molecule has 68 heavy (non-hydrogen) atoms. The van der Waals surface area contributed by atoms with Crippen molar-refractivity contribution in [2.75, 3.05) is 19.0 Å². The molecule has 0 saturated carbocycles. The highest BCUT2D eigenvalue weighted by Gasteiger charge is 2.43. The van der Waals surface area contributed by atoms with Crippen molar-refractivity contribution < 1.29 is 41.7 Å². The number of anilines is 1. The van der Waals surface area contributed by atoms with Crippen LogP contribution in [0.4, 0.5) is 5.13 Å². The summed E-state index contributed by atoms with van der Waals surface area (Å²) in [5, 5.41) is 15.7. The predicted molar refractivity (Wildman–Crippen MR) is 257 cm³/mol. The van der Waals surface area contributed by atoms with Crippen LogP contribution in [0.3, 0.4) is 0 Å². The van der Waals surface area contributed by atoms with Crippen LogP contribution in [-0.2, 0) is 55.1 Å². The largest absolute Gasteiger partial charge is 0.489 e. The second kappa shape index (κ2) is 20.4. The summed E-state index contributed by atoms with van der Waals surface area (Å²) < 4.78 is 54.4. The molecular formula is C50H45Cl2N5O9S2. The minimum absolute atomic E-state index is 0.0450. The van der Waals surface area contributed by atoms with E-state index in [0.717, 1.165) is 37.9 Å². The number of aromatic nitrogens is 1. The summed E-state index contributed by atoms with van der Waals surface area (Å²) in [4.78, 5) is 44.8. The zero-order valence-corrected chi connectivity index (χ0v) is 40.4. The fourth-order valence-electron chi connectivity index (χ4n) is 7.78. The summed E-state index contributed by atoms with van der Waals surface area (Å²) in [6.45, 7) is 5.16. The molecule has 0 spiro atoms. The number of methoxy groups -OCH3 is 1. The Balaban J connectivity index is 1.04. The topological polar surface area (TPSA) is 186 Å². The number of esters is 1. The maximum Gasteiger partial charge on any atom is 0.328 e. The summed E-state index contributed by atoms with van der Waals surface area (Å²) in [5.41, 5.74) is 6.08. The number of carbonyl (C=O) groups excluding carboxylic acids is 3. The molecule has 1 unspecified atom stereocenters. The van der Waals surface area contributed by atoms with E-state index in [1.807, 2.05) is 66.7 Å². The average Bonchev–Trinajstić information content (AvgIpc) is 3.72. The second-order valence-corrected chi connectivity index (χ2v) is 20.5. The van der Waals surface area contributed by atoms with E-state index in [2.05, 4.69) is 21.7 Å². The summed E-state index contributed by atoms with van der Waals surface area (Å²) in [6, 6.07) is 30.3. The molecule has 0 aliphatic carbocycles. The molecule has 0 radical (unpaired) electrons. The molecule has 2 aliphatic rings. The van der Waals surface area contributed by atoms with E-state index < -0.39 is 40.1 Å². The minimum Gasteiger partial charge on any atom is -0.489 e. The van der Waals surface area contributed by atoms with Gasteiger partial charge in [0.05, 0.1) is 34.5 Å². The Morgan fingerprint density at radius 3 is 2.25 bits per heavy atom. The molecule has 3 atom stereocenters. The van der Waals surface area contributed by atoms with Crippen LogP contribution in [-0.4, -0.2) is 61.3 Å². The number of benzene rings is 5. The van der Waals surface area contributed by atoms with E-state index in [4.69, 9.17) is 42.1 Å². The van der Waals surface area contributed by atoms with Gasteiger partial charge in [0.15, 0.2) is 26.9 Å². The standard InChI is InChI=1S/C50H45Cl2N5O9S2/c1-28(2)46(58)56-50-54-29(3)49(67-50)68(61,62)57-25-37-23-44-43(65-27-45(66-44)35-14-16-38(17-15-35)64-26-32-9-18-39(51)40(52)19-32)22-36(37)21-42(57)47(59)55-41(48(60)63-4)20-30-5-10-33(11-6-30)34-12-7-31(24-53)8-13-34/h5-19,22-23,28,41-42,45H,20-21,25-27H2,1-4H3,(H,55,59)(H,54,56,58)/t41-,42-,45?/m0/s1. The number of nitrogens with zero attached hydrogens (tertiary/aromatic N) is 3. The summed E-state index contributed by atoms with van der Waals surface area (Å²) in [7, 11) is -3.27. The van der Waals surface area contributed by atoms with E-state index in [-0.39, 0.29) is 59.5 Å². The smallest absolute Gasteiger partial charge is 0.328 e. The SMILES string of the molecule is COC(=O)[C@H](Cc1ccc(-c2ccc(C#N)cc2)cc1)NC(=O)[C@@H]1Cc2cc3c(cc2CN1S(=O)(=O)c1sc(NC(=O)C(C)C)nc1C)OC(c1ccc(OCc2ccc(Cl)c(Cl)c2)cc1)CO3. The molecule has 2 N–H and O–H groups in total. The third-order valence-electron chi connectivity index (χ3n) is 11.6. The summed E-state index contributed by atoms with van der Waals surface area (Å²) >= 11 is 13.0. The molecule has 18 heteroatoms. The maximum absolute atomic E-state index is 14.8. The Bertz CT molecular complexity index is 3030. The van der Waals surface area contributed by atoms with Crippen LogP contribution in [0.5, 0.6) is 17.2 Å². The molecule has 0 saturated heterocycles. The van der Waals surface area contributed by atoms with E-state index in [9.17, 15) is 28.1 Å². The maximum atomic E-state index is 14.8. The molecular weight excluding hydrogens is 950 g/mol. The number of nitriles is 1. The first-order valence-corrected chi connectivity index (χ1v) is 24.5. The Hall–Kier alpha value is -6.48. The van der Waals surface area contributed by atoms with Crippen LogP contribution in [0, 0.1) is 24.2 Å². The van der Waals surface area contributed by atoms with Gasteiger partial charge in [-0.05, 0) is 101 Å². The number of fused-ring (bicyclic) bond motifs is 2. The minimum atomic E-state index is -4.48. The zero-order valence-electron chi connectivity index (χ0n) is 37.2. The van der Waals surface area contributed by atoms with E-state index in [1.54, 1.807) is 50.2 Å². The van der Waals surface area contributed by atoms with Gasteiger partial charge in [0, 0.05) is 18.9 Å². The van der Waals surface area contributed by atoms with Gasteiger partial charge >= 0.3 is 5.97 Å². The van der Waals surface area contributed by atoms with Crippen molar-refractivity contribution >= 4 is 67.5 Å². The van der Waals surface area contributed by atoms with Gasteiger partial charge < -0.3 is 29.6 Å². The van der Waals surface area contributed by atoms with Crippen LogP contribution in [0.1, 0.15) is 59.0 Å². The number of carbonyl (C=O) groups is 3. The van der Waals surface area contributed by atoms with Crippen LogP contribution < -0.4 is 24.8 Å². The molecule has 2 aliphatic heterocycles. The molecule has 1 aromatic heterocycles. The Labute approximate surface area is 407 Å². The van der Waals surface area contributed by atoms with Crippen molar-refractivity contribution in [3.8, 4) is 34.4 Å². The highest BCUT2D eigenvalue weighted by molar-refractivity contribution is 7.91. The van der Waals surface area contributed by atoms with Crippen LogP contribution in [0.25, 0.3) is 11.1 Å². The molecule has 3 heterocycles. The van der Waals surface area contributed by atoms with Crippen LogP contribution >= 0.6 is 34.5 Å². The molecule has 5 aromatic carbocycles. The Morgan fingerprint density at radius 2 is 1.59 bits per heavy atom. The number of ether oxygens (including phenoxy) is 4. The number of aryl methyl sites for hydroxylation is 1.